The summed E-state index contributed by atoms with van der Waals surface area (Å²) in [5.41, 5.74) is 7.15. The van der Waals surface area contributed by atoms with Crippen LogP contribution in [0.3, 0.4) is 0 Å². The van der Waals surface area contributed by atoms with Crippen LogP contribution in [0.4, 0.5) is 0 Å². The highest BCUT2D eigenvalue weighted by Crippen LogP contribution is 2.76. The number of piperidine rings is 1. The molecular weight excluding hydrogens is 458 g/mol. The van der Waals surface area contributed by atoms with Gasteiger partial charge in [0.2, 0.25) is 11.8 Å². The van der Waals surface area contributed by atoms with Gasteiger partial charge in [0.05, 0.1) is 0 Å². The monoisotopic (exact) mass is 495 g/mol. The van der Waals surface area contributed by atoms with Gasteiger partial charge in [0.15, 0.2) is 11.5 Å². The zero-order valence-corrected chi connectivity index (χ0v) is 21.1. The molecule has 36 heavy (non-hydrogen) atoms. The predicted octanol–water partition coefficient (Wildman–Crippen LogP) is 2.00. The molecule has 1 saturated heterocycles. The first-order valence-electron chi connectivity index (χ1n) is 13.7. The first-order valence-corrected chi connectivity index (χ1v) is 13.7. The number of ether oxygens (including phenoxy) is 2. The minimum absolute atomic E-state index is 0.0275. The van der Waals surface area contributed by atoms with E-state index in [0.29, 0.717) is 18.3 Å². The Hall–Kier alpha value is -2.32. The number of hydrogen-bond acceptors (Lipinski definition) is 6. The highest BCUT2D eigenvalue weighted by atomic mass is 16.6. The van der Waals surface area contributed by atoms with E-state index in [1.54, 1.807) is 13.2 Å². The Balaban J connectivity index is 1.30. The molecule has 4 N–H and O–H groups in total. The number of aromatic hydroxyl groups is 1. The van der Waals surface area contributed by atoms with Crippen molar-refractivity contribution in [3.05, 3.63) is 23.3 Å². The number of rotatable bonds is 8. The second kappa shape index (κ2) is 7.60. The topological polar surface area (TPSA) is 114 Å². The van der Waals surface area contributed by atoms with E-state index >= 15 is 0 Å². The number of hydrogen-bond donors (Lipinski definition) is 3. The molecule has 0 radical (unpaired) electrons. The van der Waals surface area contributed by atoms with Crippen LogP contribution in [-0.2, 0) is 26.2 Å². The van der Waals surface area contributed by atoms with Crippen molar-refractivity contribution in [3.63, 3.8) is 0 Å². The maximum atomic E-state index is 12.5. The summed E-state index contributed by atoms with van der Waals surface area (Å²) in [7, 11) is 1.78. The van der Waals surface area contributed by atoms with Crippen LogP contribution in [0.25, 0.3) is 0 Å². The van der Waals surface area contributed by atoms with Crippen LogP contribution in [0.15, 0.2) is 12.1 Å². The summed E-state index contributed by atoms with van der Waals surface area (Å²) >= 11 is 0. The molecule has 4 saturated carbocycles. The van der Waals surface area contributed by atoms with Crippen molar-refractivity contribution in [2.75, 3.05) is 26.7 Å². The van der Waals surface area contributed by atoms with Gasteiger partial charge in [-0.3, -0.25) is 14.5 Å². The number of benzene rings is 1. The van der Waals surface area contributed by atoms with E-state index in [-0.39, 0.29) is 47.4 Å². The van der Waals surface area contributed by atoms with Gasteiger partial charge in [-0.1, -0.05) is 6.07 Å². The highest BCUT2D eigenvalue weighted by molar-refractivity contribution is 5.82. The lowest BCUT2D eigenvalue weighted by atomic mass is 9.35. The molecule has 8 rings (SSSR count). The van der Waals surface area contributed by atoms with Gasteiger partial charge in [-0.05, 0) is 69.0 Å². The van der Waals surface area contributed by atoms with Gasteiger partial charge < -0.3 is 25.6 Å². The van der Waals surface area contributed by atoms with E-state index in [2.05, 4.69) is 16.3 Å². The molecule has 6 atom stereocenters. The molecule has 2 amide bonds. The molecule has 8 nitrogen and oxygen atoms in total. The molecule has 0 aromatic heterocycles. The lowest BCUT2D eigenvalue weighted by Crippen LogP contribution is -2.81. The molecule has 8 heteroatoms. The molecule has 1 aromatic rings. The molecular formula is C28H37N3O5. The summed E-state index contributed by atoms with van der Waals surface area (Å²) in [6, 6.07) is 4.36. The number of fused-ring (bicyclic) bond motifs is 2. The quantitative estimate of drug-likeness (QED) is 0.508. The van der Waals surface area contributed by atoms with Gasteiger partial charge in [-0.25, -0.2) is 0 Å². The Morgan fingerprint density at radius 1 is 1.25 bits per heavy atom. The number of carbonyl (C=O) groups excluding carboxylic acids is 2. The van der Waals surface area contributed by atoms with E-state index in [0.717, 1.165) is 44.6 Å². The molecule has 5 aliphatic carbocycles. The Morgan fingerprint density at radius 2 is 2.08 bits per heavy atom. The summed E-state index contributed by atoms with van der Waals surface area (Å²) in [5, 5.41) is 14.0. The fourth-order valence-corrected chi connectivity index (χ4v) is 9.35. The van der Waals surface area contributed by atoms with Crippen molar-refractivity contribution < 1.29 is 24.2 Å². The molecule has 2 aliphatic heterocycles. The zero-order chi connectivity index (χ0) is 24.9. The number of methoxy groups -OCH3 is 1. The molecule has 2 spiro atoms. The second-order valence-electron chi connectivity index (χ2n) is 12.3. The molecule has 194 valence electrons. The normalized spacial score (nSPS) is 39.4. The number of carbonyl (C=O) groups is 2. The second-order valence-corrected chi connectivity index (χ2v) is 12.3. The predicted molar refractivity (Wildman–Crippen MR) is 132 cm³/mol. The van der Waals surface area contributed by atoms with Crippen molar-refractivity contribution in [2.24, 2.45) is 23.0 Å². The minimum atomic E-state index is -0.540. The van der Waals surface area contributed by atoms with E-state index in [1.807, 2.05) is 0 Å². The van der Waals surface area contributed by atoms with Crippen LogP contribution in [0.2, 0.25) is 0 Å². The standard InChI is InChI=1S/C28H37N3O5/c1-35-28-9-8-26(13-18(28)14-30-22(34)7-6-21(29)33)20-12-17-4-5-19(32)24-23(17)27(26,25(28)36-24)10-11-31(20)15-16-2-3-16/h4-5,16,18,20,25,32H,2-3,6-15H2,1H3,(H2,29,33)(H,30,34)/t18?,20-,25?,26-,27+,28?/m1/s1. The number of likely N-dealkylation sites (tertiary alicyclic amines) is 1. The Morgan fingerprint density at radius 3 is 2.83 bits per heavy atom. The van der Waals surface area contributed by atoms with Gasteiger partial charge in [-0.2, -0.15) is 0 Å². The fraction of sp³-hybridized carbons (Fsp3) is 0.714. The molecule has 5 fully saturated rings. The van der Waals surface area contributed by atoms with Crippen LogP contribution in [0.5, 0.6) is 11.5 Å². The number of phenols is 1. The van der Waals surface area contributed by atoms with Gasteiger partial charge in [0.1, 0.15) is 11.7 Å². The van der Waals surface area contributed by atoms with Crippen molar-refractivity contribution in [1.82, 2.24) is 10.2 Å². The van der Waals surface area contributed by atoms with Crippen LogP contribution >= 0.6 is 0 Å². The average Bonchev–Trinajstić information content (AvgIpc) is 3.61. The summed E-state index contributed by atoms with van der Waals surface area (Å²) in [5.74, 6) is 1.21. The van der Waals surface area contributed by atoms with E-state index < -0.39 is 11.5 Å². The number of nitrogens with zero attached hydrogens (tertiary/aromatic N) is 1. The molecule has 7 aliphatic rings. The Bertz CT molecular complexity index is 1140. The first kappa shape index (κ1) is 22.8. The van der Waals surface area contributed by atoms with E-state index in [9.17, 15) is 14.7 Å². The number of nitrogens with one attached hydrogen (secondary N) is 1. The number of phenolic OH excluding ortho intramolecular Hbond substituents is 1. The van der Waals surface area contributed by atoms with Crippen molar-refractivity contribution >= 4 is 11.8 Å². The van der Waals surface area contributed by atoms with Crippen molar-refractivity contribution in [3.8, 4) is 11.5 Å². The molecule has 3 unspecified atom stereocenters. The lowest BCUT2D eigenvalue weighted by Gasteiger charge is -2.74. The van der Waals surface area contributed by atoms with Crippen LogP contribution in [-0.4, -0.2) is 66.3 Å². The van der Waals surface area contributed by atoms with Crippen LogP contribution < -0.4 is 15.8 Å². The summed E-state index contributed by atoms with van der Waals surface area (Å²) in [6.07, 6.45) is 7.61. The van der Waals surface area contributed by atoms with Crippen LogP contribution in [0.1, 0.15) is 62.5 Å². The molecule has 2 heterocycles. The van der Waals surface area contributed by atoms with E-state index in [1.165, 1.54) is 30.5 Å². The fourth-order valence-electron chi connectivity index (χ4n) is 9.35. The lowest BCUT2D eigenvalue weighted by molar-refractivity contribution is -0.276. The minimum Gasteiger partial charge on any atom is -0.504 e. The molecule has 1 aromatic carbocycles. The van der Waals surface area contributed by atoms with Gasteiger partial charge in [-0.15, -0.1) is 0 Å². The smallest absolute Gasteiger partial charge is 0.220 e. The maximum absolute atomic E-state index is 12.5. The van der Waals surface area contributed by atoms with E-state index in [4.69, 9.17) is 15.2 Å². The molecule has 4 bridgehead atoms. The summed E-state index contributed by atoms with van der Waals surface area (Å²) in [6.45, 7) is 2.73. The van der Waals surface area contributed by atoms with Gasteiger partial charge in [0, 0.05) is 61.4 Å². The van der Waals surface area contributed by atoms with Crippen molar-refractivity contribution in [2.45, 2.75) is 80.9 Å². The van der Waals surface area contributed by atoms with Crippen LogP contribution in [0, 0.1) is 17.3 Å². The summed E-state index contributed by atoms with van der Waals surface area (Å²) in [4.78, 5) is 26.5. The zero-order valence-electron chi connectivity index (χ0n) is 21.1. The third kappa shape index (κ3) is 2.77. The highest BCUT2D eigenvalue weighted by Gasteiger charge is 2.80. The van der Waals surface area contributed by atoms with Gasteiger partial charge >= 0.3 is 0 Å². The maximum Gasteiger partial charge on any atom is 0.220 e. The van der Waals surface area contributed by atoms with Crippen molar-refractivity contribution in [1.29, 1.82) is 0 Å². The summed E-state index contributed by atoms with van der Waals surface area (Å²) < 4.78 is 13.3. The largest absolute Gasteiger partial charge is 0.504 e. The van der Waals surface area contributed by atoms with Gasteiger partial charge in [0.25, 0.3) is 0 Å². The Labute approximate surface area is 211 Å². The number of amides is 2. The average molecular weight is 496 g/mol. The third-order valence-electron chi connectivity index (χ3n) is 10.9. The SMILES string of the molecule is COC12CC[C@@]3(CC1CNC(=O)CCC(N)=O)[C@H]1Cc4ccc(O)c5c4[C@@]3(CCN1CC1CC1)C2O5. The number of primary amides is 1. The Kier molecular flexibility index (Phi) is 4.82. The number of nitrogens with two attached hydrogens (primary N) is 1. The first-order chi connectivity index (χ1) is 17.3. The third-order valence-corrected chi connectivity index (χ3v) is 10.9.